The summed E-state index contributed by atoms with van der Waals surface area (Å²) < 4.78 is 38.1. The minimum Gasteiger partial charge on any atom is -0.481 e. The van der Waals surface area contributed by atoms with Crippen molar-refractivity contribution >= 4 is 24.3 Å². The molecular formula is C23H31F3N4O2. The van der Waals surface area contributed by atoms with Crippen LogP contribution >= 0.6 is 0 Å². The minimum absolute atomic E-state index is 0.146. The standard InChI is InChI=1S/C23H31F3N4O2/c1-16(15-29-22(27-2)23(24,25)26)18(14-20(31)32)8-5-3-4-6-10-19-12-11-17-9-7-13-28-21(17)30-19/h11-12,15,18H,2-10,13-14H2,1H3,(H,28,30)(H,31,32)/b16-15+,29-22-. The fourth-order valence-corrected chi connectivity index (χ4v) is 3.73. The number of aliphatic carboxylic acids is 1. The molecule has 1 atom stereocenters. The smallest absolute Gasteiger partial charge is 0.451 e. The summed E-state index contributed by atoms with van der Waals surface area (Å²) in [6.07, 6.45) is 3.54. The first-order valence-corrected chi connectivity index (χ1v) is 10.9. The molecule has 0 aliphatic carbocycles. The number of aryl methyl sites for hydroxylation is 2. The highest BCUT2D eigenvalue weighted by Crippen LogP contribution is 2.25. The summed E-state index contributed by atoms with van der Waals surface area (Å²) >= 11 is 0. The summed E-state index contributed by atoms with van der Waals surface area (Å²) in [6.45, 7) is 5.45. The van der Waals surface area contributed by atoms with E-state index in [1.54, 1.807) is 6.92 Å². The number of unbranched alkanes of at least 4 members (excludes halogenated alkanes) is 3. The van der Waals surface area contributed by atoms with Crippen LogP contribution in [0.25, 0.3) is 0 Å². The van der Waals surface area contributed by atoms with Crippen LogP contribution in [0, 0.1) is 5.92 Å². The number of alkyl halides is 3. The maximum atomic E-state index is 12.7. The highest BCUT2D eigenvalue weighted by atomic mass is 19.4. The van der Waals surface area contributed by atoms with Crippen molar-refractivity contribution in [2.75, 3.05) is 11.9 Å². The third kappa shape index (κ3) is 8.43. The maximum Gasteiger partial charge on any atom is 0.451 e. The average Bonchev–Trinajstić information content (AvgIpc) is 2.74. The van der Waals surface area contributed by atoms with E-state index in [0.29, 0.717) is 12.0 Å². The van der Waals surface area contributed by atoms with Crippen LogP contribution < -0.4 is 5.32 Å². The lowest BCUT2D eigenvalue weighted by molar-refractivity contribution is -0.137. The van der Waals surface area contributed by atoms with E-state index >= 15 is 0 Å². The van der Waals surface area contributed by atoms with Crippen LogP contribution in [0.15, 0.2) is 33.9 Å². The number of rotatable bonds is 11. The molecule has 0 spiro atoms. The lowest BCUT2D eigenvalue weighted by Crippen LogP contribution is -2.20. The van der Waals surface area contributed by atoms with Crippen LogP contribution in [-0.4, -0.2) is 41.3 Å². The second-order valence-corrected chi connectivity index (χ2v) is 8.07. The van der Waals surface area contributed by atoms with Gasteiger partial charge in [-0.25, -0.2) is 15.0 Å². The van der Waals surface area contributed by atoms with Gasteiger partial charge in [-0.2, -0.15) is 13.2 Å². The number of carbonyl (C=O) groups is 1. The van der Waals surface area contributed by atoms with E-state index in [2.05, 4.69) is 39.1 Å². The van der Waals surface area contributed by atoms with E-state index in [1.165, 1.54) is 5.56 Å². The van der Waals surface area contributed by atoms with Gasteiger partial charge in [0.05, 0.1) is 6.42 Å². The number of aromatic nitrogens is 1. The molecule has 2 rings (SSSR count). The lowest BCUT2D eigenvalue weighted by atomic mass is 9.91. The topological polar surface area (TPSA) is 86.9 Å². The molecule has 9 heteroatoms. The Bertz CT molecular complexity index is 850. The van der Waals surface area contributed by atoms with E-state index in [-0.39, 0.29) is 12.3 Å². The maximum absolute atomic E-state index is 12.7. The number of halogens is 3. The molecule has 32 heavy (non-hydrogen) atoms. The Morgan fingerprint density at radius 3 is 2.75 bits per heavy atom. The Kier molecular flexibility index (Phi) is 9.87. The number of hydrogen-bond acceptors (Lipinski definition) is 4. The molecule has 1 aromatic heterocycles. The van der Waals surface area contributed by atoms with Crippen molar-refractivity contribution in [1.82, 2.24) is 4.98 Å². The zero-order valence-electron chi connectivity index (χ0n) is 18.4. The lowest BCUT2D eigenvalue weighted by Gasteiger charge is -2.17. The van der Waals surface area contributed by atoms with Crippen molar-refractivity contribution in [1.29, 1.82) is 0 Å². The van der Waals surface area contributed by atoms with Gasteiger partial charge in [0.1, 0.15) is 5.82 Å². The van der Waals surface area contributed by atoms with Crippen LogP contribution in [0.4, 0.5) is 19.0 Å². The van der Waals surface area contributed by atoms with Crippen molar-refractivity contribution in [3.63, 3.8) is 0 Å². The Morgan fingerprint density at radius 2 is 2.06 bits per heavy atom. The number of carboxylic acid groups (broad SMARTS) is 1. The van der Waals surface area contributed by atoms with E-state index in [4.69, 9.17) is 5.11 Å². The van der Waals surface area contributed by atoms with Crippen LogP contribution in [0.5, 0.6) is 0 Å². The number of amidine groups is 1. The van der Waals surface area contributed by atoms with E-state index in [0.717, 1.165) is 69.2 Å². The molecule has 6 nitrogen and oxygen atoms in total. The summed E-state index contributed by atoms with van der Waals surface area (Å²) in [7, 11) is 0. The summed E-state index contributed by atoms with van der Waals surface area (Å²) in [5.74, 6) is -1.70. The predicted octanol–water partition coefficient (Wildman–Crippen LogP) is 5.59. The van der Waals surface area contributed by atoms with Crippen LogP contribution in [-0.2, 0) is 17.6 Å². The third-order valence-corrected chi connectivity index (χ3v) is 5.55. The Hall–Kier alpha value is -2.71. The largest absolute Gasteiger partial charge is 0.481 e. The van der Waals surface area contributed by atoms with Crippen LogP contribution in [0.3, 0.4) is 0 Å². The van der Waals surface area contributed by atoms with Gasteiger partial charge in [-0.3, -0.25) is 4.79 Å². The molecular weight excluding hydrogens is 421 g/mol. The monoisotopic (exact) mass is 452 g/mol. The highest BCUT2D eigenvalue weighted by molar-refractivity contribution is 5.91. The van der Waals surface area contributed by atoms with Crippen molar-refractivity contribution in [2.45, 2.75) is 70.9 Å². The molecule has 0 saturated carbocycles. The number of nitrogens with zero attached hydrogens (tertiary/aromatic N) is 3. The molecule has 1 aliphatic rings. The number of aliphatic imine (C=N–C) groups is 2. The van der Waals surface area contributed by atoms with Crippen molar-refractivity contribution in [3.8, 4) is 0 Å². The molecule has 0 fully saturated rings. The number of pyridine rings is 1. The Morgan fingerprint density at radius 1 is 1.31 bits per heavy atom. The average molecular weight is 453 g/mol. The molecule has 0 bridgehead atoms. The number of fused-ring (bicyclic) bond motifs is 1. The molecule has 1 aromatic rings. The highest BCUT2D eigenvalue weighted by Gasteiger charge is 2.35. The number of carboxylic acids is 1. The second kappa shape index (κ2) is 12.4. The van der Waals surface area contributed by atoms with Gasteiger partial charge >= 0.3 is 12.1 Å². The molecule has 176 valence electrons. The Labute approximate surface area is 186 Å². The SMILES string of the molecule is C=N/C(=N\C=C(/C)C(CCCCCCc1ccc2c(n1)NCCC2)CC(=O)O)C(F)(F)F. The normalized spacial score (nSPS) is 15.6. The van der Waals surface area contributed by atoms with Gasteiger partial charge in [-0.1, -0.05) is 30.9 Å². The van der Waals surface area contributed by atoms with Gasteiger partial charge < -0.3 is 10.4 Å². The summed E-state index contributed by atoms with van der Waals surface area (Å²) in [4.78, 5) is 22.1. The predicted molar refractivity (Wildman–Crippen MR) is 120 cm³/mol. The van der Waals surface area contributed by atoms with Crippen molar-refractivity contribution < 1.29 is 23.1 Å². The molecule has 0 saturated heterocycles. The third-order valence-electron chi connectivity index (χ3n) is 5.55. The fourth-order valence-electron chi connectivity index (χ4n) is 3.73. The van der Waals surface area contributed by atoms with Gasteiger partial charge in [-0.15, -0.1) is 0 Å². The molecule has 2 heterocycles. The summed E-state index contributed by atoms with van der Waals surface area (Å²) in [5.41, 5.74) is 2.82. The molecule has 0 amide bonds. The van der Waals surface area contributed by atoms with Gasteiger partial charge in [0.15, 0.2) is 0 Å². The van der Waals surface area contributed by atoms with Crippen LogP contribution in [0.2, 0.25) is 0 Å². The molecule has 2 N–H and O–H groups in total. The van der Waals surface area contributed by atoms with Crippen molar-refractivity contribution in [2.24, 2.45) is 15.9 Å². The minimum atomic E-state index is -4.69. The van der Waals surface area contributed by atoms with E-state index in [9.17, 15) is 18.0 Å². The molecule has 0 radical (unpaired) electrons. The van der Waals surface area contributed by atoms with E-state index in [1.807, 2.05) is 0 Å². The fraction of sp³-hybridized carbons (Fsp3) is 0.565. The number of hydrogen-bond donors (Lipinski definition) is 2. The van der Waals surface area contributed by atoms with Crippen LogP contribution in [0.1, 0.15) is 63.1 Å². The summed E-state index contributed by atoms with van der Waals surface area (Å²) in [6, 6.07) is 4.22. The zero-order valence-corrected chi connectivity index (χ0v) is 18.4. The number of allylic oxidation sites excluding steroid dienone is 1. The van der Waals surface area contributed by atoms with Gasteiger partial charge in [-0.05, 0) is 63.3 Å². The molecule has 1 unspecified atom stereocenters. The van der Waals surface area contributed by atoms with Gasteiger partial charge in [0.25, 0.3) is 0 Å². The summed E-state index contributed by atoms with van der Waals surface area (Å²) in [5, 5.41) is 12.5. The first-order chi connectivity index (χ1) is 15.2. The first kappa shape index (κ1) is 25.5. The van der Waals surface area contributed by atoms with Gasteiger partial charge in [0, 0.05) is 18.4 Å². The molecule has 0 aromatic carbocycles. The number of nitrogens with one attached hydrogen (secondary N) is 1. The quantitative estimate of drug-likeness (QED) is 0.260. The Balaban J connectivity index is 1.80. The van der Waals surface area contributed by atoms with Gasteiger partial charge in [0.2, 0.25) is 5.84 Å². The van der Waals surface area contributed by atoms with Crippen molar-refractivity contribution in [3.05, 3.63) is 35.2 Å². The zero-order chi connectivity index (χ0) is 23.6. The molecule has 1 aliphatic heterocycles. The first-order valence-electron chi connectivity index (χ1n) is 10.9. The second-order valence-electron chi connectivity index (χ2n) is 8.07. The van der Waals surface area contributed by atoms with E-state index < -0.39 is 18.0 Å². The number of anilines is 1.